The quantitative estimate of drug-likeness (QED) is 0.136. The first kappa shape index (κ1) is 30.3. The van der Waals surface area contributed by atoms with E-state index in [0.29, 0.717) is 18.6 Å². The van der Waals surface area contributed by atoms with Crippen molar-refractivity contribution in [2.24, 2.45) is 0 Å². The van der Waals surface area contributed by atoms with E-state index in [1.165, 1.54) is 44.9 Å². The smallest absolute Gasteiger partial charge is 0.726 e. The SMILES string of the molecule is CCCCCCCCCCCCOS(=O)(=O)[O-].O=C(O)/C=C/C(=O)O.[Na+]. The Morgan fingerprint density at radius 1 is 0.846 bits per heavy atom. The second kappa shape index (κ2) is 20.9. The van der Waals surface area contributed by atoms with Gasteiger partial charge in [-0.15, -0.1) is 0 Å². The molecule has 0 bridgehead atoms. The number of hydrogen-bond acceptors (Lipinski definition) is 6. The van der Waals surface area contributed by atoms with Crippen LogP contribution in [0.15, 0.2) is 12.2 Å². The number of carboxylic acid groups (broad SMARTS) is 2. The zero-order valence-corrected chi connectivity index (χ0v) is 18.5. The molecule has 0 aromatic heterocycles. The summed E-state index contributed by atoms with van der Waals surface area (Å²) in [6.07, 6.45) is 12.8. The molecule has 0 saturated heterocycles. The second-order valence-electron chi connectivity index (χ2n) is 5.42. The first-order valence-corrected chi connectivity index (χ1v) is 9.76. The second-order valence-corrected chi connectivity index (χ2v) is 6.47. The van der Waals surface area contributed by atoms with E-state index in [9.17, 15) is 22.6 Å². The Hall–Kier alpha value is -0.450. The fourth-order valence-corrected chi connectivity index (χ4v) is 2.22. The molecular formula is C16H29NaO8S. The summed E-state index contributed by atoms with van der Waals surface area (Å²) in [6.45, 7) is 2.24. The fourth-order valence-electron chi connectivity index (χ4n) is 1.89. The van der Waals surface area contributed by atoms with Crippen LogP contribution >= 0.6 is 0 Å². The molecule has 10 heteroatoms. The minimum atomic E-state index is -4.48. The van der Waals surface area contributed by atoms with Crippen LogP contribution in [0.25, 0.3) is 0 Å². The van der Waals surface area contributed by atoms with Gasteiger partial charge in [0, 0.05) is 12.2 Å². The average molecular weight is 404 g/mol. The van der Waals surface area contributed by atoms with Gasteiger partial charge in [0.25, 0.3) is 0 Å². The van der Waals surface area contributed by atoms with Crippen LogP contribution in [0.2, 0.25) is 0 Å². The molecule has 0 fully saturated rings. The first-order valence-electron chi connectivity index (χ1n) is 8.43. The molecule has 0 heterocycles. The Kier molecular flexibility index (Phi) is 24.3. The van der Waals surface area contributed by atoms with Gasteiger partial charge in [-0.25, -0.2) is 18.0 Å². The number of aliphatic carboxylic acids is 2. The number of hydrogen-bond donors (Lipinski definition) is 2. The molecule has 0 aliphatic carbocycles. The van der Waals surface area contributed by atoms with Crippen molar-refractivity contribution in [1.82, 2.24) is 0 Å². The van der Waals surface area contributed by atoms with Crippen LogP contribution in [-0.4, -0.2) is 41.7 Å². The van der Waals surface area contributed by atoms with Gasteiger partial charge in [-0.3, -0.25) is 4.18 Å². The molecule has 0 radical (unpaired) electrons. The largest absolute Gasteiger partial charge is 1.00 e. The molecule has 0 amide bonds. The molecule has 0 aromatic carbocycles. The topological polar surface area (TPSA) is 141 Å². The Morgan fingerprint density at radius 2 is 1.19 bits per heavy atom. The van der Waals surface area contributed by atoms with E-state index in [4.69, 9.17) is 10.2 Å². The van der Waals surface area contributed by atoms with Crippen molar-refractivity contribution in [1.29, 1.82) is 0 Å². The Balaban J connectivity index is -0.000000498. The number of unbranched alkanes of at least 4 members (excludes halogenated alkanes) is 9. The zero-order valence-electron chi connectivity index (χ0n) is 15.7. The van der Waals surface area contributed by atoms with Crippen molar-refractivity contribution < 1.29 is 66.5 Å². The Morgan fingerprint density at radius 3 is 1.50 bits per heavy atom. The van der Waals surface area contributed by atoms with Crippen molar-refractivity contribution in [3.05, 3.63) is 12.2 Å². The van der Waals surface area contributed by atoms with Gasteiger partial charge < -0.3 is 14.8 Å². The van der Waals surface area contributed by atoms with Crippen LogP contribution < -0.4 is 29.6 Å². The maximum atomic E-state index is 10.1. The van der Waals surface area contributed by atoms with Gasteiger partial charge >= 0.3 is 41.5 Å². The molecular weight excluding hydrogens is 375 g/mol. The van der Waals surface area contributed by atoms with Gasteiger partial charge in [-0.2, -0.15) is 0 Å². The van der Waals surface area contributed by atoms with Crippen LogP contribution in [0.1, 0.15) is 71.1 Å². The molecule has 0 aliphatic heterocycles. The maximum Gasteiger partial charge on any atom is 1.00 e. The van der Waals surface area contributed by atoms with Crippen molar-refractivity contribution in [2.75, 3.05) is 6.61 Å². The fraction of sp³-hybridized carbons (Fsp3) is 0.750. The summed E-state index contributed by atoms with van der Waals surface area (Å²) in [6, 6.07) is 0. The summed E-state index contributed by atoms with van der Waals surface area (Å²) in [4.78, 5) is 19.1. The van der Waals surface area contributed by atoms with Crippen LogP contribution in [0, 0.1) is 0 Å². The molecule has 26 heavy (non-hydrogen) atoms. The molecule has 0 aromatic rings. The average Bonchev–Trinajstić information content (AvgIpc) is 2.50. The normalized spacial score (nSPS) is 10.7. The summed E-state index contributed by atoms with van der Waals surface area (Å²) in [5.74, 6) is -2.51. The van der Waals surface area contributed by atoms with Crippen molar-refractivity contribution >= 4 is 22.3 Å². The summed E-state index contributed by atoms with van der Waals surface area (Å²) < 4.78 is 34.5. The minimum absolute atomic E-state index is 0. The predicted molar refractivity (Wildman–Crippen MR) is 91.9 cm³/mol. The predicted octanol–water partition coefficient (Wildman–Crippen LogP) is 0.0999. The van der Waals surface area contributed by atoms with E-state index >= 15 is 0 Å². The third kappa shape index (κ3) is 34.8. The van der Waals surface area contributed by atoms with Crippen molar-refractivity contribution in [2.45, 2.75) is 71.1 Å². The zero-order chi connectivity index (χ0) is 19.6. The summed E-state index contributed by atoms with van der Waals surface area (Å²) >= 11 is 0. The van der Waals surface area contributed by atoms with Gasteiger partial charge in [-0.05, 0) is 6.42 Å². The van der Waals surface area contributed by atoms with Gasteiger partial charge in [0.05, 0.1) is 6.61 Å². The molecule has 148 valence electrons. The monoisotopic (exact) mass is 404 g/mol. The molecule has 0 aliphatic rings. The third-order valence-electron chi connectivity index (χ3n) is 3.09. The van der Waals surface area contributed by atoms with Gasteiger partial charge in [0.1, 0.15) is 0 Å². The van der Waals surface area contributed by atoms with E-state index < -0.39 is 22.3 Å². The van der Waals surface area contributed by atoms with E-state index in [1.807, 2.05) is 0 Å². The third-order valence-corrected chi connectivity index (χ3v) is 3.55. The molecule has 0 saturated carbocycles. The summed E-state index contributed by atoms with van der Waals surface area (Å²) in [5, 5.41) is 15.6. The van der Waals surface area contributed by atoms with E-state index in [1.54, 1.807) is 0 Å². The number of carbonyl (C=O) groups is 2. The summed E-state index contributed by atoms with van der Waals surface area (Å²) in [7, 11) is -4.48. The van der Waals surface area contributed by atoms with Crippen LogP contribution in [0.5, 0.6) is 0 Å². The molecule has 0 rings (SSSR count). The maximum absolute atomic E-state index is 10.1. The molecule has 2 N–H and O–H groups in total. The Bertz CT molecular complexity index is 461. The van der Waals surface area contributed by atoms with Gasteiger partial charge in [0.15, 0.2) is 0 Å². The van der Waals surface area contributed by atoms with E-state index in [-0.39, 0.29) is 36.2 Å². The Labute approximate surface area is 178 Å². The van der Waals surface area contributed by atoms with E-state index in [2.05, 4.69) is 11.1 Å². The van der Waals surface area contributed by atoms with Gasteiger partial charge in [0.2, 0.25) is 10.4 Å². The van der Waals surface area contributed by atoms with Gasteiger partial charge in [-0.1, -0.05) is 64.7 Å². The van der Waals surface area contributed by atoms with E-state index in [0.717, 1.165) is 12.8 Å². The minimum Gasteiger partial charge on any atom is -0.726 e. The van der Waals surface area contributed by atoms with Crippen molar-refractivity contribution in [3.63, 3.8) is 0 Å². The standard InChI is InChI=1S/C12H26O4S.C4H4O4.Na/c1-2-3-4-5-6-7-8-9-10-11-12-16-17(13,14)15;5-3(6)1-2-4(7)8;/h2-12H2,1H3,(H,13,14,15);1-2H,(H,5,6)(H,7,8);/q;;+1/p-1/b;2-1+;. The van der Waals surface area contributed by atoms with Crippen LogP contribution in [0.3, 0.4) is 0 Å². The molecule has 0 spiro atoms. The van der Waals surface area contributed by atoms with Crippen LogP contribution in [-0.2, 0) is 24.2 Å². The number of rotatable bonds is 14. The number of carboxylic acids is 2. The first-order chi connectivity index (χ1) is 11.7. The molecule has 8 nitrogen and oxygen atoms in total. The summed E-state index contributed by atoms with van der Waals surface area (Å²) in [5.41, 5.74) is 0. The van der Waals surface area contributed by atoms with Crippen LogP contribution in [0.4, 0.5) is 0 Å². The van der Waals surface area contributed by atoms with Crippen molar-refractivity contribution in [3.8, 4) is 0 Å². The molecule has 0 unspecified atom stereocenters. The molecule has 0 atom stereocenters.